The number of nitrogens with zero attached hydrogens (tertiary/aromatic N) is 2. The van der Waals surface area contributed by atoms with Crippen LogP contribution in [0.25, 0.3) is 0 Å². The number of piperidine rings is 1. The Morgan fingerprint density at radius 3 is 2.78 bits per heavy atom. The lowest BCUT2D eigenvalue weighted by atomic mass is 9.92. The zero-order valence-electron chi connectivity index (χ0n) is 10.4. The van der Waals surface area contributed by atoms with Crippen molar-refractivity contribution < 1.29 is 4.79 Å². The molecular formula is C13H17ClN2OS. The zero-order valence-corrected chi connectivity index (χ0v) is 12.0. The average molecular weight is 285 g/mol. The third-order valence-electron chi connectivity index (χ3n) is 4.38. The fourth-order valence-electron chi connectivity index (χ4n) is 3.28. The van der Waals surface area contributed by atoms with Crippen molar-refractivity contribution in [3.8, 4) is 0 Å². The Labute approximate surface area is 116 Å². The predicted molar refractivity (Wildman–Crippen MR) is 73.7 cm³/mol. The number of alkyl halides is 1. The maximum absolute atomic E-state index is 11.5. The van der Waals surface area contributed by atoms with Gasteiger partial charge < -0.3 is 4.90 Å². The molecule has 0 N–H and O–H groups in total. The molecule has 0 amide bonds. The summed E-state index contributed by atoms with van der Waals surface area (Å²) in [5.41, 5.74) is 0.552. The molecule has 18 heavy (non-hydrogen) atoms. The van der Waals surface area contributed by atoms with Crippen molar-refractivity contribution in [2.75, 3.05) is 12.9 Å². The molecule has 0 radical (unpaired) electrons. The summed E-state index contributed by atoms with van der Waals surface area (Å²) in [6, 6.07) is 1.43. The van der Waals surface area contributed by atoms with Crippen molar-refractivity contribution in [3.05, 3.63) is 16.1 Å². The second kappa shape index (κ2) is 4.91. The summed E-state index contributed by atoms with van der Waals surface area (Å²) in [7, 11) is 2.24. The van der Waals surface area contributed by atoms with E-state index in [0.717, 1.165) is 5.01 Å². The van der Waals surface area contributed by atoms with Crippen molar-refractivity contribution in [2.24, 2.45) is 0 Å². The van der Waals surface area contributed by atoms with Crippen molar-refractivity contribution in [3.63, 3.8) is 0 Å². The highest BCUT2D eigenvalue weighted by Crippen LogP contribution is 2.42. The molecule has 0 saturated carbocycles. The van der Waals surface area contributed by atoms with Gasteiger partial charge >= 0.3 is 0 Å². The molecule has 0 spiro atoms. The molecule has 3 rings (SSSR count). The van der Waals surface area contributed by atoms with Gasteiger partial charge in [-0.25, -0.2) is 4.98 Å². The van der Waals surface area contributed by atoms with Crippen LogP contribution in [0.1, 0.15) is 47.1 Å². The van der Waals surface area contributed by atoms with Crippen LogP contribution >= 0.6 is 22.9 Å². The Bertz CT molecular complexity index is 448. The predicted octanol–water partition coefficient (Wildman–Crippen LogP) is 2.90. The number of carbonyl (C=O) groups is 1. The Kier molecular flexibility index (Phi) is 3.43. The molecule has 0 aliphatic carbocycles. The van der Waals surface area contributed by atoms with Crippen LogP contribution < -0.4 is 0 Å². The number of halogens is 1. The van der Waals surface area contributed by atoms with E-state index in [2.05, 4.69) is 16.9 Å². The molecule has 2 unspecified atom stereocenters. The second-order valence-corrected chi connectivity index (χ2v) is 6.50. The Morgan fingerprint density at radius 2 is 2.17 bits per heavy atom. The highest BCUT2D eigenvalue weighted by molar-refractivity contribution is 7.10. The van der Waals surface area contributed by atoms with Crippen LogP contribution in [0.4, 0.5) is 0 Å². The summed E-state index contributed by atoms with van der Waals surface area (Å²) in [5, 5.41) is 2.99. The number of fused-ring (bicyclic) bond motifs is 2. The maximum atomic E-state index is 11.5. The van der Waals surface area contributed by atoms with Crippen LogP contribution in [0, 0.1) is 0 Å². The lowest BCUT2D eigenvalue weighted by Crippen LogP contribution is -2.39. The number of rotatable bonds is 3. The van der Waals surface area contributed by atoms with Crippen LogP contribution in [0.5, 0.6) is 0 Å². The molecule has 3 heterocycles. The van der Waals surface area contributed by atoms with E-state index in [9.17, 15) is 4.79 Å². The highest BCUT2D eigenvalue weighted by atomic mass is 35.5. The number of carbonyl (C=O) groups excluding carboxylic acids is 1. The lowest BCUT2D eigenvalue weighted by molar-refractivity contribution is 0.101. The van der Waals surface area contributed by atoms with Gasteiger partial charge in [-0.3, -0.25) is 4.79 Å². The Hall–Kier alpha value is -0.450. The largest absolute Gasteiger partial charge is 0.300 e. The van der Waals surface area contributed by atoms with Crippen molar-refractivity contribution in [2.45, 2.75) is 43.7 Å². The van der Waals surface area contributed by atoms with E-state index in [4.69, 9.17) is 11.6 Å². The summed E-state index contributed by atoms with van der Waals surface area (Å²) in [5.74, 6) is 0.512. The first kappa shape index (κ1) is 12.6. The zero-order chi connectivity index (χ0) is 12.7. The van der Waals surface area contributed by atoms with Crippen LogP contribution in [0.3, 0.4) is 0 Å². The minimum atomic E-state index is -0.0601. The van der Waals surface area contributed by atoms with Gasteiger partial charge in [-0.05, 0) is 32.7 Å². The number of hydrogen-bond donors (Lipinski definition) is 0. The highest BCUT2D eigenvalue weighted by Gasteiger charge is 2.39. The standard InChI is InChI=1S/C13H17ClN2OS/c1-16-9-2-3-10(16)5-8(4-9)13-15-11(7-18-13)12(17)6-14/h7-10H,2-6H2,1H3. The summed E-state index contributed by atoms with van der Waals surface area (Å²) in [4.78, 5) is 18.5. The molecule has 2 aliphatic heterocycles. The van der Waals surface area contributed by atoms with Gasteiger partial charge in [-0.2, -0.15) is 0 Å². The third-order valence-corrected chi connectivity index (χ3v) is 5.63. The van der Waals surface area contributed by atoms with Gasteiger partial charge in [0.05, 0.1) is 10.9 Å². The van der Waals surface area contributed by atoms with Crippen LogP contribution in [-0.4, -0.2) is 40.7 Å². The van der Waals surface area contributed by atoms with Crippen LogP contribution in [-0.2, 0) is 0 Å². The molecule has 2 aliphatic rings. The minimum absolute atomic E-state index is 0.0296. The first-order valence-corrected chi connectivity index (χ1v) is 7.87. The first-order valence-electron chi connectivity index (χ1n) is 6.45. The van der Waals surface area contributed by atoms with Gasteiger partial charge in [0.25, 0.3) is 0 Å². The second-order valence-electron chi connectivity index (χ2n) is 5.35. The number of aromatic nitrogens is 1. The molecule has 1 aromatic rings. The van der Waals surface area contributed by atoms with Gasteiger partial charge in [-0.1, -0.05) is 0 Å². The maximum Gasteiger partial charge on any atom is 0.196 e. The smallest absolute Gasteiger partial charge is 0.196 e. The number of Topliss-reactive ketones (excluding diaryl/α,β-unsaturated/α-hetero) is 1. The summed E-state index contributed by atoms with van der Waals surface area (Å²) in [6.45, 7) is 0. The summed E-state index contributed by atoms with van der Waals surface area (Å²) in [6.07, 6.45) is 5.01. The molecule has 2 saturated heterocycles. The molecular weight excluding hydrogens is 268 g/mol. The topological polar surface area (TPSA) is 33.2 Å². The van der Waals surface area contributed by atoms with Gasteiger partial charge in [0.15, 0.2) is 5.78 Å². The molecule has 2 atom stereocenters. The third kappa shape index (κ3) is 2.10. The minimum Gasteiger partial charge on any atom is -0.300 e. The van der Waals surface area contributed by atoms with Gasteiger partial charge in [0, 0.05) is 23.4 Å². The molecule has 0 aromatic carbocycles. The number of ketones is 1. The van der Waals surface area contributed by atoms with Gasteiger partial charge in [-0.15, -0.1) is 22.9 Å². The van der Waals surface area contributed by atoms with Gasteiger partial charge in [0.1, 0.15) is 5.69 Å². The summed E-state index contributed by atoms with van der Waals surface area (Å²) >= 11 is 7.19. The van der Waals surface area contributed by atoms with Crippen molar-refractivity contribution in [1.82, 2.24) is 9.88 Å². The van der Waals surface area contributed by atoms with Crippen LogP contribution in [0.15, 0.2) is 5.38 Å². The lowest BCUT2D eigenvalue weighted by Gasteiger charge is -2.35. The normalized spacial score (nSPS) is 31.8. The monoisotopic (exact) mass is 284 g/mol. The van der Waals surface area contributed by atoms with Crippen LogP contribution in [0.2, 0.25) is 0 Å². The molecule has 1 aromatic heterocycles. The Balaban J connectivity index is 1.76. The number of thiazole rings is 1. The van der Waals surface area contributed by atoms with E-state index < -0.39 is 0 Å². The summed E-state index contributed by atoms with van der Waals surface area (Å²) < 4.78 is 0. The molecule has 98 valence electrons. The van der Waals surface area contributed by atoms with E-state index in [1.807, 2.05) is 5.38 Å². The SMILES string of the molecule is CN1C2CCC1CC(c1nc(C(=O)CCl)cs1)C2. The van der Waals surface area contributed by atoms with E-state index in [1.54, 1.807) is 11.3 Å². The fourth-order valence-corrected chi connectivity index (χ4v) is 4.37. The van der Waals surface area contributed by atoms with E-state index in [0.29, 0.717) is 23.7 Å². The number of hydrogen-bond acceptors (Lipinski definition) is 4. The first-order chi connectivity index (χ1) is 8.69. The quantitative estimate of drug-likeness (QED) is 0.632. The van der Waals surface area contributed by atoms with E-state index in [-0.39, 0.29) is 11.7 Å². The molecule has 2 bridgehead atoms. The molecule has 3 nitrogen and oxygen atoms in total. The molecule has 5 heteroatoms. The fraction of sp³-hybridized carbons (Fsp3) is 0.692. The van der Waals surface area contributed by atoms with Gasteiger partial charge in [0.2, 0.25) is 0 Å². The van der Waals surface area contributed by atoms with E-state index >= 15 is 0 Å². The molecule has 2 fully saturated rings. The van der Waals surface area contributed by atoms with Crippen molar-refractivity contribution >= 4 is 28.7 Å². The van der Waals surface area contributed by atoms with Crippen molar-refractivity contribution in [1.29, 1.82) is 0 Å². The van der Waals surface area contributed by atoms with E-state index in [1.165, 1.54) is 25.7 Å². The average Bonchev–Trinajstić information content (AvgIpc) is 2.92. The Morgan fingerprint density at radius 1 is 1.50 bits per heavy atom.